The molecule has 94 valence electrons. The topological polar surface area (TPSA) is 43.8 Å². The molecule has 2 N–H and O–H groups in total. The molecule has 1 unspecified atom stereocenters. The van der Waals surface area contributed by atoms with Crippen LogP contribution in [-0.2, 0) is 0 Å². The molecule has 1 aromatic heterocycles. The van der Waals surface area contributed by atoms with Crippen molar-refractivity contribution in [2.45, 2.75) is 6.04 Å². The summed E-state index contributed by atoms with van der Waals surface area (Å²) in [6.45, 7) is 0. The zero-order valence-electron chi connectivity index (χ0n) is 10.5. The third-order valence-electron chi connectivity index (χ3n) is 3.11. The van der Waals surface area contributed by atoms with Gasteiger partial charge in [0.1, 0.15) is 0 Å². The minimum Gasteiger partial charge on any atom is -0.319 e. The Balaban J connectivity index is 1.90. The van der Waals surface area contributed by atoms with Gasteiger partial charge in [0.05, 0.1) is 17.4 Å². The van der Waals surface area contributed by atoms with Crippen LogP contribution in [-0.4, -0.2) is 9.78 Å². The largest absolute Gasteiger partial charge is 0.319 e. The van der Waals surface area contributed by atoms with Crippen LogP contribution < -0.4 is 5.73 Å². The van der Waals surface area contributed by atoms with E-state index in [2.05, 4.69) is 5.10 Å². The van der Waals surface area contributed by atoms with Gasteiger partial charge in [-0.3, -0.25) is 0 Å². The lowest BCUT2D eigenvalue weighted by atomic mass is 10.1. The first-order valence-electron chi connectivity index (χ1n) is 6.26. The summed E-state index contributed by atoms with van der Waals surface area (Å²) in [6.07, 6.45) is 1.94. The number of benzene rings is 2. The smallest absolute Gasteiger partial charge is 0.0841 e. The van der Waals surface area contributed by atoms with Crippen molar-refractivity contribution in [2.75, 3.05) is 0 Å². The van der Waals surface area contributed by atoms with E-state index >= 15 is 0 Å². The van der Waals surface area contributed by atoms with Gasteiger partial charge in [-0.2, -0.15) is 5.10 Å². The lowest BCUT2D eigenvalue weighted by Gasteiger charge is -2.08. The van der Waals surface area contributed by atoms with Gasteiger partial charge in [-0.05, 0) is 23.8 Å². The molecule has 19 heavy (non-hydrogen) atoms. The molecule has 2 aromatic carbocycles. The molecule has 0 bridgehead atoms. The molecule has 3 nitrogen and oxygen atoms in total. The van der Waals surface area contributed by atoms with E-state index in [1.54, 1.807) is 0 Å². The van der Waals surface area contributed by atoms with Crippen LogP contribution in [0.4, 0.5) is 0 Å². The number of nitrogens with two attached hydrogens (primary N) is 1. The maximum absolute atomic E-state index is 6.23. The Morgan fingerprint density at radius 3 is 2.16 bits per heavy atom. The van der Waals surface area contributed by atoms with Crippen molar-refractivity contribution in [3.8, 4) is 5.69 Å². The Hall–Kier alpha value is -2.39. The third-order valence-corrected chi connectivity index (χ3v) is 3.11. The Bertz CT molecular complexity index is 644. The summed E-state index contributed by atoms with van der Waals surface area (Å²) in [5, 5.41) is 4.55. The molecule has 0 aliphatic rings. The van der Waals surface area contributed by atoms with Crippen LogP contribution in [0.2, 0.25) is 0 Å². The standard InChI is InChI=1S/C16H15N3/c17-16(13-7-3-1-4-8-13)15-11-12-19(18-15)14-9-5-2-6-10-14/h1-12,16H,17H2. The number of aromatic nitrogens is 2. The molecular formula is C16H15N3. The van der Waals surface area contributed by atoms with Gasteiger partial charge in [0.2, 0.25) is 0 Å². The van der Waals surface area contributed by atoms with Crippen LogP contribution in [0.25, 0.3) is 5.69 Å². The van der Waals surface area contributed by atoms with Crippen molar-refractivity contribution in [3.05, 3.63) is 84.2 Å². The highest BCUT2D eigenvalue weighted by atomic mass is 15.3. The summed E-state index contributed by atoms with van der Waals surface area (Å²) in [7, 11) is 0. The number of nitrogens with zero attached hydrogens (tertiary/aromatic N) is 2. The second kappa shape index (κ2) is 5.08. The Morgan fingerprint density at radius 1 is 0.842 bits per heavy atom. The Labute approximate surface area is 112 Å². The maximum atomic E-state index is 6.23. The van der Waals surface area contributed by atoms with Crippen molar-refractivity contribution in [1.82, 2.24) is 9.78 Å². The van der Waals surface area contributed by atoms with Crippen LogP contribution in [0.1, 0.15) is 17.3 Å². The fraction of sp³-hybridized carbons (Fsp3) is 0.0625. The summed E-state index contributed by atoms with van der Waals surface area (Å²) in [6, 6.07) is 21.8. The van der Waals surface area contributed by atoms with E-state index < -0.39 is 0 Å². The molecule has 3 aromatic rings. The van der Waals surface area contributed by atoms with Gasteiger partial charge >= 0.3 is 0 Å². The van der Waals surface area contributed by atoms with E-state index in [0.717, 1.165) is 16.9 Å². The first-order valence-corrected chi connectivity index (χ1v) is 6.26. The molecule has 0 saturated heterocycles. The van der Waals surface area contributed by atoms with E-state index in [9.17, 15) is 0 Å². The van der Waals surface area contributed by atoms with Gasteiger partial charge < -0.3 is 5.73 Å². The summed E-state index contributed by atoms with van der Waals surface area (Å²) in [5.41, 5.74) is 9.21. The maximum Gasteiger partial charge on any atom is 0.0841 e. The molecule has 0 aliphatic carbocycles. The Morgan fingerprint density at radius 2 is 1.47 bits per heavy atom. The molecule has 1 heterocycles. The lowest BCUT2D eigenvalue weighted by molar-refractivity contribution is 0.773. The molecule has 0 aliphatic heterocycles. The average Bonchev–Trinajstić information content (AvgIpc) is 2.98. The number of para-hydroxylation sites is 1. The van der Waals surface area contributed by atoms with Gasteiger partial charge in [-0.1, -0.05) is 48.5 Å². The monoisotopic (exact) mass is 249 g/mol. The molecule has 3 rings (SSSR count). The molecule has 1 atom stereocenters. The second-order valence-corrected chi connectivity index (χ2v) is 4.41. The molecule has 0 radical (unpaired) electrons. The SMILES string of the molecule is NC(c1ccccc1)c1ccn(-c2ccccc2)n1. The summed E-state index contributed by atoms with van der Waals surface area (Å²) in [4.78, 5) is 0. The first-order chi connectivity index (χ1) is 9.34. The van der Waals surface area contributed by atoms with Crippen LogP contribution in [0.3, 0.4) is 0 Å². The minimum absolute atomic E-state index is 0.189. The van der Waals surface area contributed by atoms with Crippen LogP contribution in [0, 0.1) is 0 Å². The van der Waals surface area contributed by atoms with Crippen molar-refractivity contribution in [3.63, 3.8) is 0 Å². The summed E-state index contributed by atoms with van der Waals surface area (Å²) < 4.78 is 1.85. The van der Waals surface area contributed by atoms with Gasteiger partial charge in [-0.25, -0.2) is 4.68 Å². The predicted molar refractivity (Wildman–Crippen MR) is 76.0 cm³/mol. The van der Waals surface area contributed by atoms with Crippen LogP contribution >= 0.6 is 0 Å². The van der Waals surface area contributed by atoms with Crippen molar-refractivity contribution in [1.29, 1.82) is 0 Å². The first kappa shape index (κ1) is 11.7. The fourth-order valence-electron chi connectivity index (χ4n) is 2.06. The lowest BCUT2D eigenvalue weighted by Crippen LogP contribution is -2.12. The predicted octanol–water partition coefficient (Wildman–Crippen LogP) is 2.92. The minimum atomic E-state index is -0.189. The number of rotatable bonds is 3. The molecular weight excluding hydrogens is 234 g/mol. The van der Waals surface area contributed by atoms with E-state index in [1.165, 1.54) is 0 Å². The highest BCUT2D eigenvalue weighted by molar-refractivity contribution is 5.32. The van der Waals surface area contributed by atoms with E-state index in [0.29, 0.717) is 0 Å². The highest BCUT2D eigenvalue weighted by Crippen LogP contribution is 2.18. The number of hydrogen-bond donors (Lipinski definition) is 1. The fourth-order valence-corrected chi connectivity index (χ4v) is 2.06. The molecule has 0 amide bonds. The third kappa shape index (κ3) is 2.41. The van der Waals surface area contributed by atoms with Gasteiger partial charge in [0.15, 0.2) is 0 Å². The average molecular weight is 249 g/mol. The van der Waals surface area contributed by atoms with Crippen LogP contribution in [0.15, 0.2) is 72.9 Å². The molecule has 0 saturated carbocycles. The van der Waals surface area contributed by atoms with Gasteiger partial charge in [0, 0.05) is 6.20 Å². The van der Waals surface area contributed by atoms with Gasteiger partial charge in [0.25, 0.3) is 0 Å². The number of hydrogen-bond acceptors (Lipinski definition) is 2. The molecule has 0 fully saturated rings. The quantitative estimate of drug-likeness (QED) is 0.775. The molecule has 0 spiro atoms. The summed E-state index contributed by atoms with van der Waals surface area (Å²) in [5.74, 6) is 0. The highest BCUT2D eigenvalue weighted by Gasteiger charge is 2.11. The zero-order chi connectivity index (χ0) is 13.1. The van der Waals surface area contributed by atoms with Crippen molar-refractivity contribution in [2.24, 2.45) is 5.73 Å². The second-order valence-electron chi connectivity index (χ2n) is 4.41. The normalized spacial score (nSPS) is 12.3. The van der Waals surface area contributed by atoms with Crippen molar-refractivity contribution < 1.29 is 0 Å². The zero-order valence-corrected chi connectivity index (χ0v) is 10.5. The Kier molecular flexibility index (Phi) is 3.12. The molecule has 3 heteroatoms. The van der Waals surface area contributed by atoms with E-state index in [1.807, 2.05) is 77.6 Å². The van der Waals surface area contributed by atoms with Crippen LogP contribution in [0.5, 0.6) is 0 Å². The van der Waals surface area contributed by atoms with Gasteiger partial charge in [-0.15, -0.1) is 0 Å². The van der Waals surface area contributed by atoms with E-state index in [4.69, 9.17) is 5.73 Å². The van der Waals surface area contributed by atoms with Crippen molar-refractivity contribution >= 4 is 0 Å². The van der Waals surface area contributed by atoms with E-state index in [-0.39, 0.29) is 6.04 Å². The summed E-state index contributed by atoms with van der Waals surface area (Å²) >= 11 is 0.